The van der Waals surface area contributed by atoms with Crippen LogP contribution < -0.4 is 0 Å². The molecule has 1 aliphatic heterocycles. The Morgan fingerprint density at radius 2 is 2.24 bits per heavy atom. The molecule has 2 aromatic rings. The van der Waals surface area contributed by atoms with E-state index >= 15 is 0 Å². The van der Waals surface area contributed by atoms with Gasteiger partial charge in [-0.15, -0.1) is 0 Å². The van der Waals surface area contributed by atoms with E-state index in [-0.39, 0.29) is 5.91 Å². The molecule has 25 heavy (non-hydrogen) atoms. The van der Waals surface area contributed by atoms with Crippen molar-refractivity contribution < 1.29 is 9.32 Å². The van der Waals surface area contributed by atoms with Crippen LogP contribution in [0.25, 0.3) is 0 Å². The van der Waals surface area contributed by atoms with Crippen LogP contribution in [-0.2, 0) is 6.54 Å². The second-order valence-corrected chi connectivity index (χ2v) is 6.55. The van der Waals surface area contributed by atoms with E-state index in [0.29, 0.717) is 24.2 Å². The Labute approximate surface area is 147 Å². The molecular weight excluding hydrogens is 320 g/mol. The van der Waals surface area contributed by atoms with E-state index < -0.39 is 0 Å². The number of H-pyrrole nitrogens is 1. The summed E-state index contributed by atoms with van der Waals surface area (Å²) in [5, 5.41) is 4.00. The van der Waals surface area contributed by atoms with Crippen LogP contribution in [0.3, 0.4) is 0 Å². The number of hydrogen-bond donors (Lipinski definition) is 1. The van der Waals surface area contributed by atoms with E-state index in [1.165, 1.54) is 0 Å². The van der Waals surface area contributed by atoms with Gasteiger partial charge >= 0.3 is 0 Å². The van der Waals surface area contributed by atoms with Crippen LogP contribution in [0.4, 0.5) is 0 Å². The summed E-state index contributed by atoms with van der Waals surface area (Å²) in [5.41, 5.74) is 0.575. The van der Waals surface area contributed by atoms with Gasteiger partial charge < -0.3 is 14.4 Å². The van der Waals surface area contributed by atoms with Crippen molar-refractivity contribution in [1.29, 1.82) is 0 Å². The summed E-state index contributed by atoms with van der Waals surface area (Å²) in [4.78, 5) is 28.4. The smallest absolute Gasteiger partial charge is 0.271 e. The highest BCUT2D eigenvalue weighted by atomic mass is 16.5. The summed E-state index contributed by atoms with van der Waals surface area (Å²) < 4.78 is 5.07. The van der Waals surface area contributed by atoms with Crippen molar-refractivity contribution in [2.45, 2.75) is 52.6 Å². The first-order chi connectivity index (χ1) is 12.1. The van der Waals surface area contributed by atoms with Crippen molar-refractivity contribution in [3.63, 3.8) is 0 Å². The minimum absolute atomic E-state index is 0.0399. The van der Waals surface area contributed by atoms with Crippen LogP contribution >= 0.6 is 0 Å². The number of aromatic nitrogens is 4. The number of amides is 1. The summed E-state index contributed by atoms with van der Waals surface area (Å²) in [5.74, 6) is 2.13. The van der Waals surface area contributed by atoms with Gasteiger partial charge in [-0.25, -0.2) is 4.98 Å². The summed E-state index contributed by atoms with van der Waals surface area (Å²) >= 11 is 0. The number of carbonyl (C=O) groups excluding carboxylic acids is 1. The zero-order valence-electron chi connectivity index (χ0n) is 15.2. The third-order valence-electron chi connectivity index (χ3n) is 4.75. The number of aromatic amines is 1. The number of aryl methyl sites for hydroxylation is 2. The van der Waals surface area contributed by atoms with Gasteiger partial charge in [0, 0.05) is 26.1 Å². The fraction of sp³-hybridized carbons (Fsp3) is 0.647. The Morgan fingerprint density at radius 1 is 1.40 bits per heavy atom. The van der Waals surface area contributed by atoms with E-state index in [4.69, 9.17) is 4.52 Å². The molecule has 8 nitrogen and oxygen atoms in total. The lowest BCUT2D eigenvalue weighted by Crippen LogP contribution is -2.37. The molecule has 136 valence electrons. The minimum Gasteiger partial charge on any atom is -0.340 e. The Morgan fingerprint density at radius 3 is 2.88 bits per heavy atom. The monoisotopic (exact) mass is 346 g/mol. The maximum atomic E-state index is 12.6. The average Bonchev–Trinajstić information content (AvgIpc) is 3.13. The molecule has 1 amide bonds. The fourth-order valence-corrected chi connectivity index (χ4v) is 3.43. The van der Waals surface area contributed by atoms with Crippen molar-refractivity contribution in [2.24, 2.45) is 0 Å². The van der Waals surface area contributed by atoms with Crippen molar-refractivity contribution in [1.82, 2.24) is 29.9 Å². The normalized spacial score (nSPS) is 18.6. The minimum atomic E-state index is 0.0399. The molecule has 1 N–H and O–H groups in total. The predicted octanol–water partition coefficient (Wildman–Crippen LogP) is 1.93. The Bertz CT molecular complexity index is 710. The lowest BCUT2D eigenvalue weighted by atomic mass is 10.1. The number of nitrogens with zero attached hydrogens (tertiary/aromatic N) is 5. The van der Waals surface area contributed by atoms with E-state index in [2.05, 4.69) is 31.9 Å². The molecule has 2 aromatic heterocycles. The van der Waals surface area contributed by atoms with Gasteiger partial charge in [0.2, 0.25) is 5.89 Å². The summed E-state index contributed by atoms with van der Waals surface area (Å²) in [6, 6.07) is 0.421. The number of rotatable bonds is 5. The zero-order valence-corrected chi connectivity index (χ0v) is 15.2. The average molecular weight is 346 g/mol. The number of likely N-dealkylation sites (tertiary alicyclic amines) is 1. The van der Waals surface area contributed by atoms with Crippen LogP contribution in [0.1, 0.15) is 54.2 Å². The summed E-state index contributed by atoms with van der Waals surface area (Å²) in [6.45, 7) is 8.95. The van der Waals surface area contributed by atoms with Gasteiger partial charge in [0.15, 0.2) is 5.82 Å². The summed E-state index contributed by atoms with van der Waals surface area (Å²) in [6.07, 6.45) is 4.63. The van der Waals surface area contributed by atoms with Gasteiger partial charge in [-0.1, -0.05) is 12.1 Å². The third kappa shape index (κ3) is 4.25. The van der Waals surface area contributed by atoms with Crippen molar-refractivity contribution in [3.05, 3.63) is 29.4 Å². The summed E-state index contributed by atoms with van der Waals surface area (Å²) in [7, 11) is 0. The molecule has 1 saturated heterocycles. The van der Waals surface area contributed by atoms with Crippen LogP contribution in [0.15, 0.2) is 10.7 Å². The molecule has 0 saturated carbocycles. The van der Waals surface area contributed by atoms with Crippen LogP contribution in [0, 0.1) is 13.8 Å². The van der Waals surface area contributed by atoms with Gasteiger partial charge in [0.1, 0.15) is 11.5 Å². The highest BCUT2D eigenvalue weighted by Crippen LogP contribution is 2.19. The Kier molecular flexibility index (Phi) is 5.47. The number of imidazole rings is 1. The fourth-order valence-electron chi connectivity index (χ4n) is 3.43. The van der Waals surface area contributed by atoms with Crippen LogP contribution in [-0.4, -0.2) is 61.5 Å². The Hall–Kier alpha value is -2.22. The molecule has 0 unspecified atom stereocenters. The largest absolute Gasteiger partial charge is 0.340 e. The first kappa shape index (κ1) is 17.6. The van der Waals surface area contributed by atoms with Gasteiger partial charge in [0.25, 0.3) is 5.91 Å². The maximum absolute atomic E-state index is 12.6. The van der Waals surface area contributed by atoms with Gasteiger partial charge in [0.05, 0.1) is 12.7 Å². The molecule has 1 atom stereocenters. The van der Waals surface area contributed by atoms with Gasteiger partial charge in [-0.2, -0.15) is 4.98 Å². The zero-order chi connectivity index (χ0) is 17.8. The first-order valence-electron chi connectivity index (χ1n) is 8.91. The molecule has 0 aromatic carbocycles. The lowest BCUT2D eigenvalue weighted by molar-refractivity contribution is 0.0750. The highest BCUT2D eigenvalue weighted by molar-refractivity contribution is 5.92. The second kappa shape index (κ2) is 7.77. The van der Waals surface area contributed by atoms with Crippen LogP contribution in [0.2, 0.25) is 0 Å². The topological polar surface area (TPSA) is 91.2 Å². The number of nitrogens with one attached hydrogen (secondary N) is 1. The van der Waals surface area contributed by atoms with E-state index in [1.54, 1.807) is 13.1 Å². The standard InChI is InChI=1S/C17H26N6O2/c1-4-22(11-16-20-13(3)25-21-16)14-6-5-8-23(9-7-14)17(24)15-10-18-12(2)19-15/h10,14H,4-9,11H2,1-3H3,(H,18,19)/t14-/m0/s1. The van der Waals surface area contributed by atoms with Gasteiger partial charge in [-0.3, -0.25) is 9.69 Å². The molecule has 3 heterocycles. The molecule has 1 aliphatic rings. The molecule has 1 fully saturated rings. The second-order valence-electron chi connectivity index (χ2n) is 6.55. The first-order valence-corrected chi connectivity index (χ1v) is 8.91. The Balaban J connectivity index is 1.60. The number of hydrogen-bond acceptors (Lipinski definition) is 6. The van der Waals surface area contributed by atoms with Gasteiger partial charge in [-0.05, 0) is 32.7 Å². The van der Waals surface area contributed by atoms with Crippen molar-refractivity contribution in [2.75, 3.05) is 19.6 Å². The SMILES string of the molecule is CCN(Cc1noc(C)n1)[C@H]1CCCN(C(=O)c2cnc(C)[nH]2)CC1. The molecular formula is C17H26N6O2. The molecule has 8 heteroatoms. The molecule has 3 rings (SSSR count). The third-order valence-corrected chi connectivity index (χ3v) is 4.75. The van der Waals surface area contributed by atoms with Crippen molar-refractivity contribution in [3.8, 4) is 0 Å². The van der Waals surface area contributed by atoms with E-state index in [0.717, 1.165) is 50.5 Å². The maximum Gasteiger partial charge on any atom is 0.271 e. The quantitative estimate of drug-likeness (QED) is 0.889. The van der Waals surface area contributed by atoms with Crippen LogP contribution in [0.5, 0.6) is 0 Å². The lowest BCUT2D eigenvalue weighted by Gasteiger charge is -2.28. The van der Waals surface area contributed by atoms with E-state index in [9.17, 15) is 4.79 Å². The van der Waals surface area contributed by atoms with E-state index in [1.807, 2.05) is 11.8 Å². The molecule has 0 bridgehead atoms. The molecule has 0 spiro atoms. The molecule has 0 aliphatic carbocycles. The number of carbonyl (C=O) groups is 1. The van der Waals surface area contributed by atoms with Crippen molar-refractivity contribution >= 4 is 5.91 Å². The highest BCUT2D eigenvalue weighted by Gasteiger charge is 2.26. The predicted molar refractivity (Wildman–Crippen MR) is 92.0 cm³/mol. The molecule has 0 radical (unpaired) electrons.